The molecule has 1 fully saturated rings. The third-order valence-corrected chi connectivity index (χ3v) is 6.90. The van der Waals surface area contributed by atoms with Crippen molar-refractivity contribution in [3.63, 3.8) is 0 Å². The molecule has 0 bridgehead atoms. The van der Waals surface area contributed by atoms with Gasteiger partial charge in [-0.1, -0.05) is 24.3 Å². The van der Waals surface area contributed by atoms with Crippen molar-refractivity contribution in [3.05, 3.63) is 65.4 Å². The Kier molecular flexibility index (Phi) is 5.40. The number of benzene rings is 2. The maximum absolute atomic E-state index is 13.8. The van der Waals surface area contributed by atoms with Crippen molar-refractivity contribution >= 4 is 34.4 Å². The maximum atomic E-state index is 13.8. The maximum Gasteiger partial charge on any atom is 0.332 e. The van der Waals surface area contributed by atoms with Crippen molar-refractivity contribution in [2.75, 3.05) is 38.6 Å². The number of amides is 4. The van der Waals surface area contributed by atoms with Crippen LogP contribution in [-0.2, 0) is 16.8 Å². The summed E-state index contributed by atoms with van der Waals surface area (Å²) in [7, 11) is 3.98. The predicted molar refractivity (Wildman–Crippen MR) is 131 cm³/mol. The minimum Gasteiger partial charge on any atom is -0.356 e. The molecule has 0 aliphatic carbocycles. The Morgan fingerprint density at radius 3 is 2.74 bits per heavy atom. The first-order valence-corrected chi connectivity index (χ1v) is 11.6. The van der Waals surface area contributed by atoms with E-state index in [0.717, 1.165) is 35.1 Å². The Labute approximate surface area is 198 Å². The van der Waals surface area contributed by atoms with Crippen LogP contribution >= 0.6 is 0 Å². The molecule has 8 nitrogen and oxygen atoms in total. The molecular weight excluding hydrogens is 430 g/mol. The van der Waals surface area contributed by atoms with Gasteiger partial charge in [-0.25, -0.2) is 9.69 Å². The Bertz CT molecular complexity index is 1300. The van der Waals surface area contributed by atoms with E-state index in [1.54, 1.807) is 29.2 Å². The fourth-order valence-electron chi connectivity index (χ4n) is 5.11. The largest absolute Gasteiger partial charge is 0.356 e. The minimum atomic E-state index is -1.12. The van der Waals surface area contributed by atoms with E-state index < -0.39 is 5.54 Å². The number of nitrogens with zero attached hydrogens (tertiary/aromatic N) is 3. The van der Waals surface area contributed by atoms with Gasteiger partial charge in [0.05, 0.1) is 11.4 Å². The molecule has 0 saturated carbocycles. The van der Waals surface area contributed by atoms with E-state index in [1.165, 1.54) is 4.90 Å². The van der Waals surface area contributed by atoms with Gasteiger partial charge in [-0.05, 0) is 70.2 Å². The number of nitrogens with one attached hydrogen (secondary N) is 2. The van der Waals surface area contributed by atoms with Crippen molar-refractivity contribution in [2.24, 2.45) is 0 Å². The van der Waals surface area contributed by atoms with Gasteiger partial charge in [-0.2, -0.15) is 0 Å². The minimum absolute atomic E-state index is 0.221. The number of fused-ring (bicyclic) bond motifs is 5. The quantitative estimate of drug-likeness (QED) is 0.438. The number of carbonyl (C=O) groups is 3. The van der Waals surface area contributed by atoms with Crippen molar-refractivity contribution in [1.29, 1.82) is 0 Å². The lowest BCUT2D eigenvalue weighted by Gasteiger charge is -2.35. The highest BCUT2D eigenvalue weighted by molar-refractivity contribution is 6.24. The molecule has 0 spiro atoms. The third kappa shape index (κ3) is 3.37. The summed E-state index contributed by atoms with van der Waals surface area (Å²) >= 11 is 0. The SMILES string of the molecule is CN(C)CCCNC(=O)c1cccc(N2C(=O)N3CCc4c([nH]c5ccccc45)C3(C)C2=O)c1. The molecule has 8 heteroatoms. The van der Waals surface area contributed by atoms with Gasteiger partial charge in [-0.3, -0.25) is 9.59 Å². The Hall–Kier alpha value is -3.65. The highest BCUT2D eigenvalue weighted by atomic mass is 16.2. The van der Waals surface area contributed by atoms with Gasteiger partial charge in [0.1, 0.15) is 0 Å². The van der Waals surface area contributed by atoms with E-state index in [1.807, 2.05) is 45.3 Å². The summed E-state index contributed by atoms with van der Waals surface area (Å²) in [4.78, 5) is 48.2. The molecule has 3 heterocycles. The molecule has 4 amide bonds. The second-order valence-electron chi connectivity index (χ2n) is 9.38. The Morgan fingerprint density at radius 1 is 1.15 bits per heavy atom. The van der Waals surface area contributed by atoms with Crippen LogP contribution in [0.1, 0.15) is 35.0 Å². The van der Waals surface area contributed by atoms with E-state index >= 15 is 0 Å². The molecule has 5 rings (SSSR count). The first-order chi connectivity index (χ1) is 16.3. The monoisotopic (exact) mass is 459 g/mol. The number of urea groups is 1. The van der Waals surface area contributed by atoms with Gasteiger partial charge in [0, 0.05) is 29.6 Å². The van der Waals surface area contributed by atoms with E-state index in [4.69, 9.17) is 0 Å². The normalized spacial score (nSPS) is 19.6. The molecule has 2 N–H and O–H groups in total. The van der Waals surface area contributed by atoms with Crippen LogP contribution in [0.4, 0.5) is 10.5 Å². The van der Waals surface area contributed by atoms with Gasteiger partial charge in [-0.15, -0.1) is 0 Å². The number of para-hydroxylation sites is 1. The molecule has 1 aromatic heterocycles. The Balaban J connectivity index is 1.44. The number of H-pyrrole nitrogens is 1. The zero-order chi connectivity index (χ0) is 24.0. The third-order valence-electron chi connectivity index (χ3n) is 6.90. The number of anilines is 1. The molecular formula is C26H29N5O3. The average molecular weight is 460 g/mol. The van der Waals surface area contributed by atoms with Crippen LogP contribution < -0.4 is 10.2 Å². The second kappa shape index (κ2) is 8.29. The van der Waals surface area contributed by atoms with Crippen molar-refractivity contribution in [3.8, 4) is 0 Å². The molecule has 2 aliphatic rings. The van der Waals surface area contributed by atoms with Crippen LogP contribution in [0.15, 0.2) is 48.5 Å². The first-order valence-electron chi connectivity index (χ1n) is 11.6. The summed E-state index contributed by atoms with van der Waals surface area (Å²) in [5.41, 5.74) is 2.53. The molecule has 34 heavy (non-hydrogen) atoms. The summed E-state index contributed by atoms with van der Waals surface area (Å²) in [6.07, 6.45) is 1.51. The first kappa shape index (κ1) is 22.2. The lowest BCUT2D eigenvalue weighted by molar-refractivity contribution is -0.125. The summed E-state index contributed by atoms with van der Waals surface area (Å²) in [6, 6.07) is 14.3. The zero-order valence-electron chi connectivity index (χ0n) is 19.7. The van der Waals surface area contributed by atoms with Gasteiger partial charge in [0.2, 0.25) is 0 Å². The number of hydrogen-bond acceptors (Lipinski definition) is 4. The molecule has 176 valence electrons. The van der Waals surface area contributed by atoms with Gasteiger partial charge < -0.3 is 20.1 Å². The van der Waals surface area contributed by atoms with Gasteiger partial charge >= 0.3 is 6.03 Å². The van der Waals surface area contributed by atoms with Crippen molar-refractivity contribution in [1.82, 2.24) is 20.1 Å². The molecule has 2 aromatic carbocycles. The predicted octanol–water partition coefficient (Wildman–Crippen LogP) is 3.09. The molecule has 3 aromatic rings. The van der Waals surface area contributed by atoms with Crippen LogP contribution in [0.5, 0.6) is 0 Å². The molecule has 1 unspecified atom stereocenters. The van der Waals surface area contributed by atoms with Crippen LogP contribution in [0, 0.1) is 0 Å². The van der Waals surface area contributed by atoms with E-state index in [-0.39, 0.29) is 17.8 Å². The Morgan fingerprint density at radius 2 is 1.94 bits per heavy atom. The molecule has 0 radical (unpaired) electrons. The topological polar surface area (TPSA) is 88.8 Å². The second-order valence-corrected chi connectivity index (χ2v) is 9.38. The van der Waals surface area contributed by atoms with Crippen LogP contribution in [0.3, 0.4) is 0 Å². The van der Waals surface area contributed by atoms with E-state index in [9.17, 15) is 14.4 Å². The number of aromatic amines is 1. The van der Waals surface area contributed by atoms with E-state index in [0.29, 0.717) is 30.8 Å². The standard InChI is InChI=1S/C26H29N5O3/c1-26-22-20(19-10-4-5-11-21(19)28-22)12-15-30(26)25(34)31(24(26)33)18-9-6-8-17(16-18)23(32)27-13-7-14-29(2)3/h4-6,8-11,16,28H,7,12-15H2,1-3H3,(H,27,32). The van der Waals surface area contributed by atoms with Crippen molar-refractivity contribution < 1.29 is 14.4 Å². The fourth-order valence-corrected chi connectivity index (χ4v) is 5.11. The van der Waals surface area contributed by atoms with Crippen LogP contribution in [-0.4, -0.2) is 66.4 Å². The average Bonchev–Trinajstić information content (AvgIpc) is 3.30. The lowest BCUT2D eigenvalue weighted by atomic mass is 9.87. The summed E-state index contributed by atoms with van der Waals surface area (Å²) < 4.78 is 0. The van der Waals surface area contributed by atoms with Gasteiger partial charge in [0.25, 0.3) is 11.8 Å². The number of imide groups is 1. The zero-order valence-corrected chi connectivity index (χ0v) is 19.7. The summed E-state index contributed by atoms with van der Waals surface area (Å²) in [5.74, 6) is -0.532. The van der Waals surface area contributed by atoms with E-state index in [2.05, 4.69) is 15.2 Å². The highest BCUT2D eigenvalue weighted by Gasteiger charge is 2.59. The fraction of sp³-hybridized carbons (Fsp3) is 0.346. The summed E-state index contributed by atoms with van der Waals surface area (Å²) in [5, 5.41) is 4.00. The number of carbonyl (C=O) groups excluding carboxylic acids is 3. The number of hydrogen-bond donors (Lipinski definition) is 2. The van der Waals surface area contributed by atoms with Crippen LogP contribution in [0.25, 0.3) is 10.9 Å². The summed E-state index contributed by atoms with van der Waals surface area (Å²) in [6.45, 7) is 3.69. The molecule has 1 atom stereocenters. The number of aromatic nitrogens is 1. The lowest BCUT2D eigenvalue weighted by Crippen LogP contribution is -2.49. The molecule has 1 saturated heterocycles. The smallest absolute Gasteiger partial charge is 0.332 e. The number of rotatable bonds is 6. The van der Waals surface area contributed by atoms with Crippen LogP contribution in [0.2, 0.25) is 0 Å². The van der Waals surface area contributed by atoms with Crippen molar-refractivity contribution in [2.45, 2.75) is 25.3 Å². The highest BCUT2D eigenvalue weighted by Crippen LogP contribution is 2.45. The van der Waals surface area contributed by atoms with Gasteiger partial charge in [0.15, 0.2) is 5.54 Å². The molecule has 2 aliphatic heterocycles.